The van der Waals surface area contributed by atoms with Gasteiger partial charge in [0.15, 0.2) is 0 Å². The maximum Gasteiger partial charge on any atom is 0.240 e. The number of anilines is 1. The lowest BCUT2D eigenvalue weighted by Gasteiger charge is -2.17. The summed E-state index contributed by atoms with van der Waals surface area (Å²) < 4.78 is 25.2. The summed E-state index contributed by atoms with van der Waals surface area (Å²) in [6.45, 7) is 5.42. The largest absolute Gasteiger partial charge is 0.326 e. The Kier molecular flexibility index (Phi) is 4.13. The van der Waals surface area contributed by atoms with E-state index in [-0.39, 0.29) is 10.8 Å². The molecule has 0 unspecified atom stereocenters. The summed E-state index contributed by atoms with van der Waals surface area (Å²) in [5, 5.41) is 2.72. The second-order valence-electron chi connectivity index (χ2n) is 4.94. The second-order valence-corrected chi connectivity index (χ2v) is 6.82. The number of hydrogen-bond donors (Lipinski definition) is 2. The molecule has 1 rings (SSSR count). The van der Waals surface area contributed by atoms with Crippen LogP contribution in [0.25, 0.3) is 0 Å². The zero-order chi connectivity index (χ0) is 14.0. The van der Waals surface area contributed by atoms with Crippen molar-refractivity contribution in [2.75, 3.05) is 12.4 Å². The third-order valence-corrected chi connectivity index (χ3v) is 3.80. The van der Waals surface area contributed by atoms with E-state index in [2.05, 4.69) is 10.0 Å². The highest BCUT2D eigenvalue weighted by Crippen LogP contribution is 2.18. The van der Waals surface area contributed by atoms with Gasteiger partial charge in [-0.05, 0) is 31.3 Å². The molecular formula is C12H18N2O3S. The standard InChI is InChI=1S/C12H18N2O3S/c1-12(2,3)11(15)14-9-5-7-10(8-6-9)18(16,17)13-4/h5-8,13H,1-4H3,(H,14,15). The Morgan fingerprint density at radius 2 is 1.61 bits per heavy atom. The van der Waals surface area contributed by atoms with E-state index in [1.54, 1.807) is 12.1 Å². The fourth-order valence-electron chi connectivity index (χ4n) is 1.15. The van der Waals surface area contributed by atoms with Crippen molar-refractivity contribution in [2.24, 2.45) is 5.41 Å². The predicted octanol–water partition coefficient (Wildman–Crippen LogP) is 1.58. The van der Waals surface area contributed by atoms with Crippen LogP contribution < -0.4 is 10.0 Å². The van der Waals surface area contributed by atoms with Crippen LogP contribution in [0.4, 0.5) is 5.69 Å². The van der Waals surface area contributed by atoms with Crippen LogP contribution in [0.2, 0.25) is 0 Å². The van der Waals surface area contributed by atoms with Crippen molar-refractivity contribution in [3.05, 3.63) is 24.3 Å². The Balaban J connectivity index is 2.89. The van der Waals surface area contributed by atoms with Gasteiger partial charge in [0.2, 0.25) is 15.9 Å². The van der Waals surface area contributed by atoms with E-state index in [9.17, 15) is 13.2 Å². The highest BCUT2D eigenvalue weighted by molar-refractivity contribution is 7.89. The van der Waals surface area contributed by atoms with Gasteiger partial charge in [0.05, 0.1) is 4.90 Å². The Hall–Kier alpha value is -1.40. The Bertz CT molecular complexity index is 527. The van der Waals surface area contributed by atoms with Crippen molar-refractivity contribution < 1.29 is 13.2 Å². The first-order valence-electron chi connectivity index (χ1n) is 5.52. The topological polar surface area (TPSA) is 75.3 Å². The van der Waals surface area contributed by atoms with Gasteiger partial charge in [-0.2, -0.15) is 0 Å². The van der Waals surface area contributed by atoms with Gasteiger partial charge in [0, 0.05) is 11.1 Å². The summed E-state index contributed by atoms with van der Waals surface area (Å²) in [6.07, 6.45) is 0. The number of nitrogens with one attached hydrogen (secondary N) is 2. The van der Waals surface area contributed by atoms with Crippen molar-refractivity contribution in [1.29, 1.82) is 0 Å². The number of hydrogen-bond acceptors (Lipinski definition) is 3. The lowest BCUT2D eigenvalue weighted by molar-refractivity contribution is -0.123. The predicted molar refractivity (Wildman–Crippen MR) is 70.8 cm³/mol. The molecule has 1 amide bonds. The molecule has 2 N–H and O–H groups in total. The molecule has 0 fully saturated rings. The zero-order valence-corrected chi connectivity index (χ0v) is 11.8. The monoisotopic (exact) mass is 270 g/mol. The molecular weight excluding hydrogens is 252 g/mol. The number of carbonyl (C=O) groups is 1. The minimum absolute atomic E-state index is 0.119. The molecule has 0 heterocycles. The van der Waals surface area contributed by atoms with Crippen molar-refractivity contribution >= 4 is 21.6 Å². The number of rotatable bonds is 3. The molecule has 1 aromatic carbocycles. The molecule has 18 heavy (non-hydrogen) atoms. The first kappa shape index (κ1) is 14.7. The van der Waals surface area contributed by atoms with Gasteiger partial charge in [-0.15, -0.1) is 0 Å². The van der Waals surface area contributed by atoms with Crippen molar-refractivity contribution in [3.63, 3.8) is 0 Å². The summed E-state index contributed by atoms with van der Waals surface area (Å²) in [6, 6.07) is 6.02. The number of amides is 1. The van der Waals surface area contributed by atoms with Crippen LogP contribution in [0.1, 0.15) is 20.8 Å². The van der Waals surface area contributed by atoms with Crippen LogP contribution in [-0.2, 0) is 14.8 Å². The SMILES string of the molecule is CNS(=O)(=O)c1ccc(NC(=O)C(C)(C)C)cc1. The third-order valence-electron chi connectivity index (χ3n) is 2.37. The van der Waals surface area contributed by atoms with Gasteiger partial charge in [-0.1, -0.05) is 20.8 Å². The lowest BCUT2D eigenvalue weighted by Crippen LogP contribution is -2.27. The van der Waals surface area contributed by atoms with Crippen LogP contribution >= 0.6 is 0 Å². The van der Waals surface area contributed by atoms with Gasteiger partial charge < -0.3 is 5.32 Å². The molecule has 0 bridgehead atoms. The van der Waals surface area contributed by atoms with Crippen LogP contribution in [0.5, 0.6) is 0 Å². The van der Waals surface area contributed by atoms with E-state index >= 15 is 0 Å². The normalized spacial score (nSPS) is 12.2. The van der Waals surface area contributed by atoms with Crippen LogP contribution in [-0.4, -0.2) is 21.4 Å². The number of sulfonamides is 1. The first-order valence-corrected chi connectivity index (χ1v) is 7.00. The Labute approximate surface area is 108 Å². The zero-order valence-electron chi connectivity index (χ0n) is 10.9. The molecule has 0 spiro atoms. The van der Waals surface area contributed by atoms with E-state index in [1.165, 1.54) is 19.2 Å². The summed E-state index contributed by atoms with van der Waals surface area (Å²) in [4.78, 5) is 11.9. The minimum atomic E-state index is -3.43. The van der Waals surface area contributed by atoms with Crippen molar-refractivity contribution in [3.8, 4) is 0 Å². The summed E-state index contributed by atoms with van der Waals surface area (Å²) in [7, 11) is -2.08. The lowest BCUT2D eigenvalue weighted by atomic mass is 9.95. The summed E-state index contributed by atoms with van der Waals surface area (Å²) in [5.41, 5.74) is 0.0837. The minimum Gasteiger partial charge on any atom is -0.326 e. The molecule has 1 aromatic rings. The van der Waals surface area contributed by atoms with Crippen LogP contribution in [0, 0.1) is 5.41 Å². The Morgan fingerprint density at radius 1 is 1.11 bits per heavy atom. The second kappa shape index (κ2) is 5.07. The van der Waals surface area contributed by atoms with E-state index in [1.807, 2.05) is 20.8 Å². The fraction of sp³-hybridized carbons (Fsp3) is 0.417. The van der Waals surface area contributed by atoms with E-state index < -0.39 is 15.4 Å². The van der Waals surface area contributed by atoms with Crippen molar-refractivity contribution in [1.82, 2.24) is 4.72 Å². The fourth-order valence-corrected chi connectivity index (χ4v) is 1.88. The van der Waals surface area contributed by atoms with E-state index in [0.29, 0.717) is 5.69 Å². The smallest absolute Gasteiger partial charge is 0.240 e. The maximum atomic E-state index is 11.7. The van der Waals surface area contributed by atoms with Gasteiger partial charge in [-0.3, -0.25) is 4.79 Å². The number of carbonyl (C=O) groups excluding carboxylic acids is 1. The molecule has 0 aromatic heterocycles. The summed E-state index contributed by atoms with van der Waals surface area (Å²) >= 11 is 0. The molecule has 6 heteroatoms. The molecule has 0 aliphatic rings. The molecule has 0 aliphatic carbocycles. The molecule has 0 aliphatic heterocycles. The third kappa shape index (κ3) is 3.54. The van der Waals surface area contributed by atoms with Crippen molar-refractivity contribution in [2.45, 2.75) is 25.7 Å². The Morgan fingerprint density at radius 3 is 2.00 bits per heavy atom. The molecule has 0 radical (unpaired) electrons. The molecule has 5 nitrogen and oxygen atoms in total. The quantitative estimate of drug-likeness (QED) is 0.875. The van der Waals surface area contributed by atoms with E-state index in [4.69, 9.17) is 0 Å². The van der Waals surface area contributed by atoms with Gasteiger partial charge in [0.25, 0.3) is 0 Å². The highest BCUT2D eigenvalue weighted by atomic mass is 32.2. The maximum absolute atomic E-state index is 11.7. The van der Waals surface area contributed by atoms with Gasteiger partial charge >= 0.3 is 0 Å². The summed E-state index contributed by atoms with van der Waals surface area (Å²) in [5.74, 6) is -0.119. The average Bonchev–Trinajstić information content (AvgIpc) is 2.28. The van der Waals surface area contributed by atoms with Crippen LogP contribution in [0.3, 0.4) is 0 Å². The number of benzene rings is 1. The van der Waals surface area contributed by atoms with E-state index in [0.717, 1.165) is 0 Å². The molecule has 0 saturated carbocycles. The molecule has 100 valence electrons. The molecule has 0 atom stereocenters. The average molecular weight is 270 g/mol. The highest BCUT2D eigenvalue weighted by Gasteiger charge is 2.21. The van der Waals surface area contributed by atoms with Gasteiger partial charge in [-0.25, -0.2) is 13.1 Å². The van der Waals surface area contributed by atoms with Crippen LogP contribution in [0.15, 0.2) is 29.2 Å². The van der Waals surface area contributed by atoms with Gasteiger partial charge in [0.1, 0.15) is 0 Å². The first-order chi connectivity index (χ1) is 8.16. The molecule has 0 saturated heterocycles.